The van der Waals surface area contributed by atoms with Crippen LogP contribution in [0.25, 0.3) is 0 Å². The van der Waals surface area contributed by atoms with E-state index in [1.54, 1.807) is 7.11 Å². The van der Waals surface area contributed by atoms with Gasteiger partial charge in [0.2, 0.25) is 5.91 Å². The molecule has 0 atom stereocenters. The highest BCUT2D eigenvalue weighted by atomic mass is 32.1. The van der Waals surface area contributed by atoms with Gasteiger partial charge in [-0.05, 0) is 18.6 Å². The van der Waals surface area contributed by atoms with Gasteiger partial charge >= 0.3 is 0 Å². The molecule has 1 amide bonds. The van der Waals surface area contributed by atoms with E-state index in [2.05, 4.69) is 10.3 Å². The molecule has 0 radical (unpaired) electrons. The first-order valence-corrected chi connectivity index (χ1v) is 8.02. The number of methoxy groups -OCH3 is 1. The van der Waals surface area contributed by atoms with Crippen molar-refractivity contribution in [3.63, 3.8) is 0 Å². The smallest absolute Gasteiger partial charge is 0.226 e. The van der Waals surface area contributed by atoms with Crippen LogP contribution in [0.3, 0.4) is 0 Å². The van der Waals surface area contributed by atoms with Crippen LogP contribution in [0, 0.1) is 0 Å². The summed E-state index contributed by atoms with van der Waals surface area (Å²) in [7, 11) is 1.65. The van der Waals surface area contributed by atoms with Crippen LogP contribution in [0.4, 0.5) is 0 Å². The molecule has 1 aromatic heterocycles. The summed E-state index contributed by atoms with van der Waals surface area (Å²) in [5.41, 5.74) is 0.779. The Morgan fingerprint density at radius 2 is 2.14 bits per heavy atom. The molecule has 0 saturated carbocycles. The normalized spacial score (nSPS) is 10.4. The molecule has 6 heteroatoms. The molecule has 22 heavy (non-hydrogen) atoms. The van der Waals surface area contributed by atoms with Gasteiger partial charge in [-0.15, -0.1) is 11.3 Å². The van der Waals surface area contributed by atoms with Crippen molar-refractivity contribution in [2.45, 2.75) is 19.4 Å². The highest BCUT2D eigenvalue weighted by molar-refractivity contribution is 7.09. The summed E-state index contributed by atoms with van der Waals surface area (Å²) in [5.74, 6) is 0.798. The maximum absolute atomic E-state index is 11.7. The van der Waals surface area contributed by atoms with Crippen LogP contribution < -0.4 is 10.1 Å². The van der Waals surface area contributed by atoms with E-state index in [0.717, 1.165) is 22.9 Å². The highest BCUT2D eigenvalue weighted by Crippen LogP contribution is 2.15. The molecule has 0 unspecified atom stereocenters. The van der Waals surface area contributed by atoms with Crippen molar-refractivity contribution < 1.29 is 14.3 Å². The van der Waals surface area contributed by atoms with Gasteiger partial charge < -0.3 is 14.8 Å². The van der Waals surface area contributed by atoms with Crippen molar-refractivity contribution in [1.82, 2.24) is 10.3 Å². The quantitative estimate of drug-likeness (QED) is 0.721. The number of aromatic nitrogens is 1. The van der Waals surface area contributed by atoms with Gasteiger partial charge in [0.25, 0.3) is 0 Å². The molecule has 1 aromatic carbocycles. The third kappa shape index (κ3) is 5.83. The first-order valence-electron chi connectivity index (χ1n) is 7.14. The fourth-order valence-electron chi connectivity index (χ4n) is 1.83. The van der Waals surface area contributed by atoms with E-state index < -0.39 is 0 Å². The summed E-state index contributed by atoms with van der Waals surface area (Å²) >= 11 is 1.51. The number of nitrogens with zero attached hydrogens (tertiary/aromatic N) is 1. The molecule has 0 fully saturated rings. The second-order valence-electron chi connectivity index (χ2n) is 4.71. The Labute approximate surface area is 134 Å². The van der Waals surface area contributed by atoms with Crippen molar-refractivity contribution >= 4 is 17.2 Å². The topological polar surface area (TPSA) is 60.5 Å². The first kappa shape index (κ1) is 16.5. The third-order valence-corrected chi connectivity index (χ3v) is 3.77. The van der Waals surface area contributed by atoms with Crippen LogP contribution in [0.5, 0.6) is 5.75 Å². The number of carbonyl (C=O) groups is 1. The molecule has 0 aliphatic rings. The number of hydrogen-bond donors (Lipinski definition) is 1. The Hall–Kier alpha value is -1.92. The maximum atomic E-state index is 11.7. The number of amides is 1. The van der Waals surface area contributed by atoms with Crippen molar-refractivity contribution in [2.75, 3.05) is 20.3 Å². The lowest BCUT2D eigenvalue weighted by atomic mass is 10.3. The number of thiazole rings is 1. The predicted octanol–water partition coefficient (Wildman–Crippen LogP) is 2.42. The summed E-state index contributed by atoms with van der Waals surface area (Å²) in [5, 5.41) is 5.62. The molecule has 5 nitrogen and oxygen atoms in total. The molecule has 0 saturated heterocycles. The zero-order valence-electron chi connectivity index (χ0n) is 12.6. The predicted molar refractivity (Wildman–Crippen MR) is 86.1 cm³/mol. The molecular formula is C16H20N2O3S. The van der Waals surface area contributed by atoms with E-state index in [0.29, 0.717) is 26.2 Å². The minimum Gasteiger partial charge on any atom is -0.486 e. The summed E-state index contributed by atoms with van der Waals surface area (Å²) in [6, 6.07) is 9.61. The summed E-state index contributed by atoms with van der Waals surface area (Å²) in [6.07, 6.45) is 1.12. The van der Waals surface area contributed by atoms with Gasteiger partial charge in [-0.2, -0.15) is 0 Å². The second kappa shape index (κ2) is 9.17. The summed E-state index contributed by atoms with van der Waals surface area (Å²) in [4.78, 5) is 16.2. The van der Waals surface area contributed by atoms with Crippen molar-refractivity contribution in [3.05, 3.63) is 46.4 Å². The zero-order valence-corrected chi connectivity index (χ0v) is 13.4. The van der Waals surface area contributed by atoms with Gasteiger partial charge in [-0.25, -0.2) is 4.98 Å². The van der Waals surface area contributed by atoms with E-state index in [1.165, 1.54) is 11.3 Å². The number of carbonyl (C=O) groups excluding carboxylic acids is 1. The molecule has 0 aliphatic heterocycles. The molecule has 0 aliphatic carbocycles. The fourth-order valence-corrected chi connectivity index (χ4v) is 2.53. The average Bonchev–Trinajstić information content (AvgIpc) is 2.98. The van der Waals surface area contributed by atoms with Gasteiger partial charge in [0.15, 0.2) is 0 Å². The largest absolute Gasteiger partial charge is 0.486 e. The van der Waals surface area contributed by atoms with E-state index >= 15 is 0 Å². The van der Waals surface area contributed by atoms with Gasteiger partial charge in [-0.3, -0.25) is 4.79 Å². The molecule has 0 bridgehead atoms. The summed E-state index contributed by atoms with van der Waals surface area (Å²) < 4.78 is 10.6. The third-order valence-electron chi connectivity index (χ3n) is 2.89. The number of rotatable bonds is 9. The van der Waals surface area contributed by atoms with Crippen LogP contribution in [0.1, 0.15) is 17.1 Å². The molecular weight excluding hydrogens is 300 g/mol. The minimum atomic E-state index is -0.0167. The Morgan fingerprint density at radius 3 is 2.91 bits per heavy atom. The Balaban J connectivity index is 1.73. The van der Waals surface area contributed by atoms with E-state index in [-0.39, 0.29) is 5.91 Å². The fraction of sp³-hybridized carbons (Fsp3) is 0.375. The van der Waals surface area contributed by atoms with E-state index in [9.17, 15) is 4.79 Å². The standard InChI is InChI=1S/C16H20N2O3S/c1-20-9-5-8-17-15(19)10-13-12-22-16(18-13)11-21-14-6-3-2-4-7-14/h2-4,6-7,12H,5,8-11H2,1H3,(H,17,19). The van der Waals surface area contributed by atoms with Crippen molar-refractivity contribution in [3.8, 4) is 5.75 Å². The lowest BCUT2D eigenvalue weighted by Crippen LogP contribution is -2.26. The van der Waals surface area contributed by atoms with E-state index in [1.807, 2.05) is 35.7 Å². The number of benzene rings is 1. The molecule has 118 valence electrons. The molecule has 2 rings (SSSR count). The minimum absolute atomic E-state index is 0.0167. The molecule has 0 spiro atoms. The monoisotopic (exact) mass is 320 g/mol. The van der Waals surface area contributed by atoms with Gasteiger partial charge in [0.1, 0.15) is 17.4 Å². The zero-order chi connectivity index (χ0) is 15.6. The van der Waals surface area contributed by atoms with Crippen LogP contribution >= 0.6 is 11.3 Å². The highest BCUT2D eigenvalue weighted by Gasteiger charge is 2.08. The number of nitrogens with one attached hydrogen (secondary N) is 1. The Bertz CT molecular complexity index is 572. The van der Waals surface area contributed by atoms with Crippen LogP contribution in [-0.4, -0.2) is 31.2 Å². The van der Waals surface area contributed by atoms with Crippen molar-refractivity contribution in [2.24, 2.45) is 0 Å². The Morgan fingerprint density at radius 1 is 1.32 bits per heavy atom. The van der Waals surface area contributed by atoms with Crippen molar-refractivity contribution in [1.29, 1.82) is 0 Å². The van der Waals surface area contributed by atoms with Gasteiger partial charge in [-0.1, -0.05) is 18.2 Å². The number of ether oxygens (including phenoxy) is 2. The van der Waals surface area contributed by atoms with Gasteiger partial charge in [0.05, 0.1) is 12.1 Å². The molecule has 2 aromatic rings. The van der Waals surface area contributed by atoms with Crippen LogP contribution in [-0.2, 0) is 22.6 Å². The summed E-state index contributed by atoms with van der Waals surface area (Å²) in [6.45, 7) is 1.70. The lowest BCUT2D eigenvalue weighted by molar-refractivity contribution is -0.120. The number of para-hydroxylation sites is 1. The molecule has 1 N–H and O–H groups in total. The first-order chi connectivity index (χ1) is 10.8. The number of hydrogen-bond acceptors (Lipinski definition) is 5. The average molecular weight is 320 g/mol. The Kier molecular flexibility index (Phi) is 6.86. The van der Waals surface area contributed by atoms with E-state index in [4.69, 9.17) is 9.47 Å². The van der Waals surface area contributed by atoms with Crippen LogP contribution in [0.2, 0.25) is 0 Å². The van der Waals surface area contributed by atoms with Crippen LogP contribution in [0.15, 0.2) is 35.7 Å². The van der Waals surface area contributed by atoms with Gasteiger partial charge in [0, 0.05) is 25.6 Å². The SMILES string of the molecule is COCCCNC(=O)Cc1csc(COc2ccccc2)n1. The molecule has 1 heterocycles. The lowest BCUT2D eigenvalue weighted by Gasteiger charge is -2.03. The second-order valence-corrected chi connectivity index (χ2v) is 5.65. The maximum Gasteiger partial charge on any atom is 0.226 e.